The summed E-state index contributed by atoms with van der Waals surface area (Å²) >= 11 is 0. The normalized spacial score (nSPS) is 11.8. The maximum atomic E-state index is 11.9. The molecule has 0 spiro atoms. The van der Waals surface area contributed by atoms with Crippen molar-refractivity contribution in [3.63, 3.8) is 0 Å². The lowest BCUT2D eigenvalue weighted by Gasteiger charge is -2.24. The van der Waals surface area contributed by atoms with Crippen LogP contribution in [0.1, 0.15) is 79.1 Å². The number of ether oxygens (including phenoxy) is 12. The van der Waals surface area contributed by atoms with Crippen molar-refractivity contribution in [1.29, 1.82) is 0 Å². The predicted octanol–water partition coefficient (Wildman–Crippen LogP) is 5.18. The molecule has 0 unspecified atom stereocenters. The Labute approximate surface area is 316 Å². The van der Waals surface area contributed by atoms with E-state index in [2.05, 4.69) is 6.92 Å². The summed E-state index contributed by atoms with van der Waals surface area (Å²) in [5, 5.41) is 0. The minimum Gasteiger partial charge on any atom is -0.444 e. The minimum absolute atomic E-state index is 0.362. The third kappa shape index (κ3) is 43.2. The second kappa shape index (κ2) is 41.0. The monoisotopic (exact) mass is 756 g/mol. The third-order valence-electron chi connectivity index (χ3n) is 7.14. The summed E-state index contributed by atoms with van der Waals surface area (Å²) in [7, 11) is 1.68. The zero-order valence-electron chi connectivity index (χ0n) is 33.7. The molecule has 0 N–H and O–H groups in total. The number of hydrogen-bond acceptors (Lipinski definition) is 13. The van der Waals surface area contributed by atoms with Crippen molar-refractivity contribution in [2.75, 3.05) is 159 Å². The van der Waals surface area contributed by atoms with E-state index >= 15 is 0 Å². The van der Waals surface area contributed by atoms with Gasteiger partial charge in [0, 0.05) is 20.2 Å². The van der Waals surface area contributed by atoms with Crippen LogP contribution >= 0.6 is 0 Å². The highest BCUT2D eigenvalue weighted by Gasteiger charge is 2.19. The standard InChI is InChI=1S/C38H77NO13/c1-6-7-8-9-10-11-12-13-15-41-17-19-43-21-23-45-25-27-47-29-31-49-33-35-51-36-34-50-32-30-48-28-26-46-24-22-44-20-18-42-16-14-39(5)37(40)52-38(2,3)4/h6-36H2,1-5H3. The Hall–Kier alpha value is -1.17. The fourth-order valence-electron chi connectivity index (χ4n) is 4.27. The molecule has 0 aromatic carbocycles. The second-order valence-electron chi connectivity index (χ2n) is 13.1. The maximum absolute atomic E-state index is 11.9. The Balaban J connectivity index is 3.13. The number of rotatable bonds is 42. The Kier molecular flexibility index (Phi) is 40.1. The maximum Gasteiger partial charge on any atom is 0.410 e. The van der Waals surface area contributed by atoms with Gasteiger partial charge in [0.25, 0.3) is 0 Å². The van der Waals surface area contributed by atoms with Crippen LogP contribution in [-0.4, -0.2) is 176 Å². The molecule has 0 bridgehead atoms. The van der Waals surface area contributed by atoms with Crippen molar-refractivity contribution in [3.8, 4) is 0 Å². The summed E-state index contributed by atoms with van der Waals surface area (Å²) < 4.78 is 65.9. The fourth-order valence-corrected chi connectivity index (χ4v) is 4.27. The molecule has 52 heavy (non-hydrogen) atoms. The van der Waals surface area contributed by atoms with E-state index in [-0.39, 0.29) is 6.09 Å². The average molecular weight is 756 g/mol. The molecular weight excluding hydrogens is 678 g/mol. The number of carbonyl (C=O) groups excluding carboxylic acids is 1. The lowest BCUT2D eigenvalue weighted by molar-refractivity contribution is -0.0277. The molecule has 0 radical (unpaired) electrons. The first-order valence-corrected chi connectivity index (χ1v) is 19.7. The molecule has 0 aromatic heterocycles. The van der Waals surface area contributed by atoms with Crippen LogP contribution in [0.4, 0.5) is 4.79 Å². The molecule has 0 fully saturated rings. The van der Waals surface area contributed by atoms with Gasteiger partial charge in [0.1, 0.15) is 5.60 Å². The molecule has 1 amide bonds. The van der Waals surface area contributed by atoms with Crippen LogP contribution in [0.15, 0.2) is 0 Å². The zero-order valence-corrected chi connectivity index (χ0v) is 33.7. The van der Waals surface area contributed by atoms with Gasteiger partial charge in [0.2, 0.25) is 0 Å². The molecule has 0 aliphatic rings. The SMILES string of the molecule is CCCCCCCCCCOCCOCCOCCOCCOCCOCCOCCOCCOCCOCCOCCN(C)C(=O)OC(C)(C)C. The molecule has 0 aliphatic heterocycles. The second-order valence-corrected chi connectivity index (χ2v) is 13.1. The van der Waals surface area contributed by atoms with Crippen LogP contribution in [0.3, 0.4) is 0 Å². The Morgan fingerprint density at radius 2 is 0.635 bits per heavy atom. The highest BCUT2D eigenvalue weighted by molar-refractivity contribution is 5.67. The Morgan fingerprint density at radius 1 is 0.385 bits per heavy atom. The topological polar surface area (TPSA) is 131 Å². The molecule has 0 aliphatic carbocycles. The molecule has 14 nitrogen and oxygen atoms in total. The van der Waals surface area contributed by atoms with Gasteiger partial charge in [-0.2, -0.15) is 0 Å². The van der Waals surface area contributed by atoms with Crippen LogP contribution in [0.25, 0.3) is 0 Å². The number of amides is 1. The van der Waals surface area contributed by atoms with E-state index < -0.39 is 5.60 Å². The summed E-state index contributed by atoms with van der Waals surface area (Å²) in [6.45, 7) is 19.8. The molecule has 0 atom stereocenters. The smallest absolute Gasteiger partial charge is 0.410 e. The fraction of sp³-hybridized carbons (Fsp3) is 0.974. The number of carbonyl (C=O) groups is 1. The van der Waals surface area contributed by atoms with Crippen molar-refractivity contribution in [3.05, 3.63) is 0 Å². The van der Waals surface area contributed by atoms with E-state index in [1.165, 1.54) is 49.8 Å². The molecule has 0 saturated carbocycles. The molecule has 14 heteroatoms. The number of nitrogens with zero attached hydrogens (tertiary/aromatic N) is 1. The number of unbranched alkanes of at least 4 members (excludes halogenated alkanes) is 7. The van der Waals surface area contributed by atoms with Gasteiger partial charge in [-0.05, 0) is 27.2 Å². The van der Waals surface area contributed by atoms with E-state index in [1.54, 1.807) is 7.05 Å². The van der Waals surface area contributed by atoms with E-state index in [9.17, 15) is 4.79 Å². The van der Waals surface area contributed by atoms with Crippen molar-refractivity contribution in [1.82, 2.24) is 4.90 Å². The molecule has 0 heterocycles. The third-order valence-corrected chi connectivity index (χ3v) is 7.14. The predicted molar refractivity (Wildman–Crippen MR) is 200 cm³/mol. The van der Waals surface area contributed by atoms with Crippen molar-refractivity contribution in [2.24, 2.45) is 0 Å². The van der Waals surface area contributed by atoms with Gasteiger partial charge in [-0.3, -0.25) is 0 Å². The Bertz CT molecular complexity index is 715. The van der Waals surface area contributed by atoms with Gasteiger partial charge in [-0.15, -0.1) is 0 Å². The van der Waals surface area contributed by atoms with Gasteiger partial charge in [-0.25, -0.2) is 4.79 Å². The first-order valence-electron chi connectivity index (χ1n) is 19.7. The van der Waals surface area contributed by atoms with Crippen LogP contribution in [0, 0.1) is 0 Å². The van der Waals surface area contributed by atoms with Crippen molar-refractivity contribution >= 4 is 6.09 Å². The van der Waals surface area contributed by atoms with Gasteiger partial charge in [-0.1, -0.05) is 51.9 Å². The summed E-state index contributed by atoms with van der Waals surface area (Å²) in [4.78, 5) is 13.4. The number of likely N-dealkylation sites (N-methyl/N-ethyl adjacent to an activating group) is 1. The van der Waals surface area contributed by atoms with E-state index in [4.69, 9.17) is 56.8 Å². The molecule has 312 valence electrons. The van der Waals surface area contributed by atoms with Crippen molar-refractivity contribution in [2.45, 2.75) is 84.7 Å². The molecule has 0 saturated heterocycles. The van der Waals surface area contributed by atoms with Crippen LogP contribution in [0.5, 0.6) is 0 Å². The quantitative estimate of drug-likeness (QED) is 0.0760. The van der Waals surface area contributed by atoms with Crippen LogP contribution in [-0.2, 0) is 56.8 Å². The van der Waals surface area contributed by atoms with E-state index in [1.807, 2.05) is 20.8 Å². The van der Waals surface area contributed by atoms with Gasteiger partial charge >= 0.3 is 6.09 Å². The summed E-state index contributed by atoms with van der Waals surface area (Å²) in [6.07, 6.45) is 10.1. The summed E-state index contributed by atoms with van der Waals surface area (Å²) in [6, 6.07) is 0. The largest absolute Gasteiger partial charge is 0.444 e. The highest BCUT2D eigenvalue weighted by Crippen LogP contribution is 2.09. The molecule has 0 aromatic rings. The first kappa shape index (κ1) is 50.8. The van der Waals surface area contributed by atoms with E-state index in [0.29, 0.717) is 145 Å². The first-order chi connectivity index (χ1) is 25.4. The lowest BCUT2D eigenvalue weighted by Crippen LogP contribution is -2.36. The average Bonchev–Trinajstić information content (AvgIpc) is 3.11. The van der Waals surface area contributed by atoms with Crippen LogP contribution < -0.4 is 0 Å². The highest BCUT2D eigenvalue weighted by atomic mass is 16.6. The number of hydrogen-bond donors (Lipinski definition) is 0. The summed E-state index contributed by atoms with van der Waals surface area (Å²) in [5.74, 6) is 0. The summed E-state index contributed by atoms with van der Waals surface area (Å²) in [5.41, 5.74) is -0.509. The molecular formula is C38H77NO13. The van der Waals surface area contributed by atoms with Gasteiger partial charge in [0.15, 0.2) is 0 Å². The van der Waals surface area contributed by atoms with Crippen LogP contribution in [0.2, 0.25) is 0 Å². The minimum atomic E-state index is -0.509. The van der Waals surface area contributed by atoms with E-state index in [0.717, 1.165) is 13.0 Å². The lowest BCUT2D eigenvalue weighted by atomic mass is 10.1. The Morgan fingerprint density at radius 3 is 0.923 bits per heavy atom. The van der Waals surface area contributed by atoms with Gasteiger partial charge in [0.05, 0.1) is 139 Å². The molecule has 0 rings (SSSR count). The van der Waals surface area contributed by atoms with Gasteiger partial charge < -0.3 is 61.7 Å². The van der Waals surface area contributed by atoms with Crippen molar-refractivity contribution < 1.29 is 61.6 Å². The zero-order chi connectivity index (χ0) is 38.1.